The number of nitrogens with two attached hydrogens (primary N) is 1. The number of aromatic nitrogens is 1. The minimum Gasteiger partial charge on any atom is -0.458 e. The molecule has 1 aromatic heterocycles. The van der Waals surface area contributed by atoms with Crippen molar-refractivity contribution in [2.24, 2.45) is 0 Å². The lowest BCUT2D eigenvalue weighted by Crippen LogP contribution is -2.43. The van der Waals surface area contributed by atoms with E-state index in [9.17, 15) is 22.4 Å². The van der Waals surface area contributed by atoms with Gasteiger partial charge in [-0.1, -0.05) is 53.5 Å². The van der Waals surface area contributed by atoms with Crippen LogP contribution in [0.25, 0.3) is 0 Å². The Kier molecular flexibility index (Phi) is 6.14. The second-order valence-electron chi connectivity index (χ2n) is 4.88. The van der Waals surface area contributed by atoms with Crippen molar-refractivity contribution in [3.63, 3.8) is 0 Å². The number of carbonyl (C=O) groups excluding carboxylic acids is 1. The first-order valence-electron chi connectivity index (χ1n) is 6.85. The molecule has 0 saturated carbocycles. The molecule has 11 heteroatoms. The minimum atomic E-state index is -5.18. The molecular weight excluding hydrogens is 403 g/mol. The highest BCUT2D eigenvalue weighted by atomic mass is 35.5. The molecule has 1 aromatic carbocycles. The highest BCUT2D eigenvalue weighted by molar-refractivity contribution is 6.39. The summed E-state index contributed by atoms with van der Waals surface area (Å²) >= 11 is 11.1. The van der Waals surface area contributed by atoms with Gasteiger partial charge in [0, 0.05) is 0 Å². The molecule has 2 aromatic rings. The molecule has 1 unspecified atom stereocenters. The van der Waals surface area contributed by atoms with Crippen LogP contribution in [0, 0.1) is 5.95 Å². The molecule has 140 valence electrons. The number of halogens is 6. The van der Waals surface area contributed by atoms with Gasteiger partial charge in [-0.3, -0.25) is 0 Å². The summed E-state index contributed by atoms with van der Waals surface area (Å²) < 4.78 is 62.0. The van der Waals surface area contributed by atoms with Crippen molar-refractivity contribution in [3.05, 3.63) is 51.9 Å². The Morgan fingerprint density at radius 1 is 1.19 bits per heavy atom. The summed E-state index contributed by atoms with van der Waals surface area (Å²) in [6.07, 6.45) is -8.26. The lowest BCUT2D eigenvalue weighted by Gasteiger charge is -2.20. The first kappa shape index (κ1) is 20.1. The maximum Gasteiger partial charge on any atom is 0.436 e. The number of nitrogens with zero attached hydrogens (tertiary/aromatic N) is 1. The van der Waals surface area contributed by atoms with Gasteiger partial charge in [0.25, 0.3) is 6.10 Å². The van der Waals surface area contributed by atoms with E-state index in [2.05, 4.69) is 14.5 Å². The average molecular weight is 413 g/mol. The third kappa shape index (κ3) is 4.67. The zero-order valence-corrected chi connectivity index (χ0v) is 14.2. The number of esters is 1. The van der Waals surface area contributed by atoms with Crippen LogP contribution in [0.5, 0.6) is 5.88 Å². The number of hydrogen-bond donors (Lipinski definition) is 1. The van der Waals surface area contributed by atoms with Gasteiger partial charge in [0.05, 0.1) is 5.69 Å². The quantitative estimate of drug-likeness (QED) is 0.453. The largest absolute Gasteiger partial charge is 0.458 e. The third-order valence-electron chi connectivity index (χ3n) is 3.01. The Hall–Kier alpha value is -2.26. The van der Waals surface area contributed by atoms with E-state index in [0.29, 0.717) is 5.56 Å². The molecule has 0 aliphatic heterocycles. The van der Waals surface area contributed by atoms with Gasteiger partial charge in [-0.15, -0.1) is 0 Å². The van der Waals surface area contributed by atoms with Crippen LogP contribution in [0.15, 0.2) is 30.3 Å². The normalized spacial score (nSPS) is 12.5. The maximum atomic E-state index is 13.5. The van der Waals surface area contributed by atoms with Gasteiger partial charge in [-0.05, 0) is 5.56 Å². The van der Waals surface area contributed by atoms with E-state index in [1.165, 1.54) is 0 Å². The first-order chi connectivity index (χ1) is 12.1. The van der Waals surface area contributed by atoms with Crippen LogP contribution >= 0.6 is 23.2 Å². The molecule has 1 atom stereocenters. The molecule has 1 heterocycles. The van der Waals surface area contributed by atoms with Gasteiger partial charge in [0.15, 0.2) is 0 Å². The Morgan fingerprint density at radius 2 is 1.81 bits per heavy atom. The molecule has 0 spiro atoms. The van der Waals surface area contributed by atoms with Gasteiger partial charge >= 0.3 is 12.1 Å². The number of hydrogen-bond acceptors (Lipinski definition) is 5. The molecule has 5 nitrogen and oxygen atoms in total. The van der Waals surface area contributed by atoms with Crippen LogP contribution in [-0.4, -0.2) is 23.2 Å². The van der Waals surface area contributed by atoms with Gasteiger partial charge in [0.2, 0.25) is 11.8 Å². The van der Waals surface area contributed by atoms with Crippen LogP contribution in [0.1, 0.15) is 5.56 Å². The third-order valence-corrected chi connectivity index (χ3v) is 3.73. The molecule has 0 bridgehead atoms. The predicted molar refractivity (Wildman–Crippen MR) is 85.3 cm³/mol. The van der Waals surface area contributed by atoms with Crippen LogP contribution in [-0.2, 0) is 16.1 Å². The van der Waals surface area contributed by atoms with E-state index < -0.39 is 52.4 Å². The summed E-state index contributed by atoms with van der Waals surface area (Å²) in [4.78, 5) is 14.9. The molecule has 2 rings (SSSR count). The number of benzene rings is 1. The molecule has 0 aliphatic carbocycles. The number of pyridine rings is 1. The lowest BCUT2D eigenvalue weighted by molar-refractivity contribution is -0.212. The topological polar surface area (TPSA) is 74.4 Å². The fourth-order valence-electron chi connectivity index (χ4n) is 1.75. The standard InChI is InChI=1S/C15H10Cl2F4N2O3/c16-8-10(22)9(17)13(23-12(8)18)26-11(15(19,20)21)14(24)25-6-7-4-2-1-3-5-7/h1-5,11H,6H2,(H2,22,23). The van der Waals surface area contributed by atoms with Crippen LogP contribution in [0.2, 0.25) is 10.0 Å². The van der Waals surface area contributed by atoms with Gasteiger partial charge in [-0.2, -0.15) is 22.5 Å². The van der Waals surface area contributed by atoms with Gasteiger partial charge in [-0.25, -0.2) is 4.79 Å². The molecule has 0 saturated heterocycles. The molecule has 0 amide bonds. The summed E-state index contributed by atoms with van der Waals surface area (Å²) in [5.41, 5.74) is 5.24. The number of anilines is 1. The first-order valence-corrected chi connectivity index (χ1v) is 7.60. The molecule has 2 N–H and O–H groups in total. The van der Waals surface area contributed by atoms with Crippen molar-refractivity contribution >= 4 is 34.9 Å². The van der Waals surface area contributed by atoms with Crippen LogP contribution in [0.4, 0.5) is 23.2 Å². The summed E-state index contributed by atoms with van der Waals surface area (Å²) in [6.45, 7) is -0.423. The Balaban J connectivity index is 2.22. The summed E-state index contributed by atoms with van der Waals surface area (Å²) in [7, 11) is 0. The van der Waals surface area contributed by atoms with Crippen LogP contribution < -0.4 is 10.5 Å². The second-order valence-corrected chi connectivity index (χ2v) is 5.64. The van der Waals surface area contributed by atoms with Crippen molar-refractivity contribution in [1.82, 2.24) is 4.98 Å². The number of alkyl halides is 3. The number of rotatable bonds is 5. The molecule has 0 radical (unpaired) electrons. The van der Waals surface area contributed by atoms with E-state index in [1.807, 2.05) is 0 Å². The monoisotopic (exact) mass is 412 g/mol. The lowest BCUT2D eigenvalue weighted by atomic mass is 10.2. The molecule has 0 fully saturated rings. The number of ether oxygens (including phenoxy) is 2. The zero-order valence-electron chi connectivity index (χ0n) is 12.7. The van der Waals surface area contributed by atoms with E-state index >= 15 is 0 Å². The zero-order chi connectivity index (χ0) is 19.5. The van der Waals surface area contributed by atoms with Crippen molar-refractivity contribution < 1.29 is 31.8 Å². The van der Waals surface area contributed by atoms with E-state index in [-0.39, 0.29) is 0 Å². The van der Waals surface area contributed by atoms with E-state index in [1.54, 1.807) is 30.3 Å². The Labute approximate surface area is 154 Å². The number of nitrogen functional groups attached to an aromatic ring is 1. The van der Waals surface area contributed by atoms with E-state index in [0.717, 1.165) is 0 Å². The molecule has 0 aliphatic rings. The van der Waals surface area contributed by atoms with Crippen molar-refractivity contribution in [1.29, 1.82) is 0 Å². The Morgan fingerprint density at radius 3 is 2.38 bits per heavy atom. The minimum absolute atomic E-state index is 0.423. The molecule has 26 heavy (non-hydrogen) atoms. The van der Waals surface area contributed by atoms with Gasteiger partial charge in [0.1, 0.15) is 16.7 Å². The SMILES string of the molecule is Nc1c(Cl)c(F)nc(OC(C(=O)OCc2ccccc2)C(F)(F)F)c1Cl. The fourth-order valence-corrected chi connectivity index (χ4v) is 2.12. The highest BCUT2D eigenvalue weighted by Crippen LogP contribution is 2.37. The van der Waals surface area contributed by atoms with Crippen molar-refractivity contribution in [3.8, 4) is 5.88 Å². The van der Waals surface area contributed by atoms with E-state index in [4.69, 9.17) is 28.9 Å². The molecular formula is C15H10Cl2F4N2O3. The van der Waals surface area contributed by atoms with Gasteiger partial charge < -0.3 is 15.2 Å². The summed E-state index contributed by atoms with van der Waals surface area (Å²) in [5.74, 6) is -4.19. The summed E-state index contributed by atoms with van der Waals surface area (Å²) in [5, 5.41) is -1.35. The average Bonchev–Trinajstić information content (AvgIpc) is 2.59. The smallest absolute Gasteiger partial charge is 0.436 e. The highest BCUT2D eigenvalue weighted by Gasteiger charge is 2.49. The second kappa shape index (κ2) is 7.96. The predicted octanol–water partition coefficient (Wildman–Crippen LogP) is 4.16. The fraction of sp³-hybridized carbons (Fsp3) is 0.200. The van der Waals surface area contributed by atoms with Crippen molar-refractivity contribution in [2.75, 3.05) is 5.73 Å². The Bertz CT molecular complexity index is 804. The number of carbonyl (C=O) groups is 1. The maximum absolute atomic E-state index is 13.5. The van der Waals surface area contributed by atoms with Crippen LogP contribution in [0.3, 0.4) is 0 Å². The summed E-state index contributed by atoms with van der Waals surface area (Å²) in [6, 6.07) is 8.00. The van der Waals surface area contributed by atoms with Crippen molar-refractivity contribution in [2.45, 2.75) is 18.9 Å².